The summed E-state index contributed by atoms with van der Waals surface area (Å²) in [5, 5.41) is 17.8. The topological polar surface area (TPSA) is 79.5 Å². The second-order valence-corrected chi connectivity index (χ2v) is 6.80. The number of aromatic nitrogens is 2. The molecule has 7 heteroatoms. The number of aliphatic hydroxyl groups excluding tert-OH is 1. The molecule has 0 bridgehead atoms. The van der Waals surface area contributed by atoms with Gasteiger partial charge < -0.3 is 14.4 Å². The Kier molecular flexibility index (Phi) is 6.04. The molecule has 2 aromatic rings. The minimum atomic E-state index is 0.105. The zero-order valence-electron chi connectivity index (χ0n) is 14.0. The summed E-state index contributed by atoms with van der Waals surface area (Å²) in [4.78, 5) is 14.3. The summed E-state index contributed by atoms with van der Waals surface area (Å²) < 4.78 is 5.64. The first-order chi connectivity index (χ1) is 12.2. The van der Waals surface area contributed by atoms with Gasteiger partial charge >= 0.3 is 0 Å². The van der Waals surface area contributed by atoms with E-state index in [0.29, 0.717) is 35.6 Å². The molecule has 0 radical (unpaired) electrons. The van der Waals surface area contributed by atoms with Crippen LogP contribution in [0.2, 0.25) is 5.02 Å². The van der Waals surface area contributed by atoms with Gasteiger partial charge in [-0.15, -0.1) is 10.2 Å². The van der Waals surface area contributed by atoms with Crippen molar-refractivity contribution in [2.45, 2.75) is 32.1 Å². The highest BCUT2D eigenvalue weighted by atomic mass is 35.5. The summed E-state index contributed by atoms with van der Waals surface area (Å²) in [6, 6.07) is 7.17. The van der Waals surface area contributed by atoms with Gasteiger partial charge in [0.2, 0.25) is 17.7 Å². The van der Waals surface area contributed by atoms with Gasteiger partial charge in [-0.3, -0.25) is 4.79 Å². The fourth-order valence-electron chi connectivity index (χ4n) is 3.15. The number of piperidine rings is 1. The van der Waals surface area contributed by atoms with Crippen LogP contribution in [0.25, 0.3) is 11.5 Å². The minimum Gasteiger partial charge on any atom is -0.421 e. The van der Waals surface area contributed by atoms with Crippen molar-refractivity contribution >= 4 is 17.5 Å². The van der Waals surface area contributed by atoms with Crippen LogP contribution in [0.4, 0.5) is 0 Å². The first-order valence-electron chi connectivity index (χ1n) is 8.62. The minimum absolute atomic E-state index is 0.105. The van der Waals surface area contributed by atoms with Gasteiger partial charge in [-0.2, -0.15) is 0 Å². The standard InChI is InChI=1S/C18H22ClN3O3/c19-15-5-3-14(4-6-15)18-21-20-16(25-18)7-8-17(24)22-10-1-2-13(12-22)9-11-23/h3-6,13,23H,1-2,7-12H2/t13-/m0/s1. The van der Waals surface area contributed by atoms with Crippen LogP contribution in [0, 0.1) is 5.92 Å². The van der Waals surface area contributed by atoms with Crippen molar-refractivity contribution in [3.63, 3.8) is 0 Å². The summed E-state index contributed by atoms with van der Waals surface area (Å²) in [5.41, 5.74) is 0.803. The molecule has 134 valence electrons. The van der Waals surface area contributed by atoms with Crippen LogP contribution in [0.15, 0.2) is 28.7 Å². The van der Waals surface area contributed by atoms with Gasteiger partial charge in [0.15, 0.2) is 0 Å². The summed E-state index contributed by atoms with van der Waals surface area (Å²) in [6.45, 7) is 1.71. The molecule has 6 nitrogen and oxygen atoms in total. The number of hydrogen-bond donors (Lipinski definition) is 1. The number of benzene rings is 1. The van der Waals surface area contributed by atoms with Crippen LogP contribution in [0.5, 0.6) is 0 Å². The van der Waals surface area contributed by atoms with Crippen LogP contribution >= 0.6 is 11.6 Å². The fraction of sp³-hybridized carbons (Fsp3) is 0.500. The molecule has 25 heavy (non-hydrogen) atoms. The Hall–Kier alpha value is -1.92. The predicted molar refractivity (Wildman–Crippen MR) is 94.1 cm³/mol. The van der Waals surface area contributed by atoms with Gasteiger partial charge in [0.25, 0.3) is 0 Å². The molecule has 0 aliphatic carbocycles. The van der Waals surface area contributed by atoms with Crippen LogP contribution in [0.1, 0.15) is 31.6 Å². The van der Waals surface area contributed by atoms with Gasteiger partial charge in [-0.25, -0.2) is 0 Å². The molecule has 1 fully saturated rings. The lowest BCUT2D eigenvalue weighted by atomic mass is 9.95. The molecule has 1 aliphatic rings. The fourth-order valence-corrected chi connectivity index (χ4v) is 3.27. The number of amides is 1. The van der Waals surface area contributed by atoms with E-state index >= 15 is 0 Å². The monoisotopic (exact) mass is 363 g/mol. The number of hydrogen-bond acceptors (Lipinski definition) is 5. The highest BCUT2D eigenvalue weighted by Gasteiger charge is 2.23. The quantitative estimate of drug-likeness (QED) is 0.853. The van der Waals surface area contributed by atoms with Crippen molar-refractivity contribution < 1.29 is 14.3 Å². The van der Waals surface area contributed by atoms with Crippen molar-refractivity contribution in [1.29, 1.82) is 0 Å². The Morgan fingerprint density at radius 3 is 2.88 bits per heavy atom. The molecule has 3 rings (SSSR count). The third-order valence-corrected chi connectivity index (χ3v) is 4.77. The zero-order chi connectivity index (χ0) is 17.6. The van der Waals surface area contributed by atoms with Gasteiger partial charge in [0.1, 0.15) is 0 Å². The second kappa shape index (κ2) is 8.45. The molecule has 2 heterocycles. The number of carbonyl (C=O) groups is 1. The van der Waals surface area contributed by atoms with E-state index in [9.17, 15) is 4.79 Å². The average molecular weight is 364 g/mol. The molecule has 1 atom stereocenters. The molecule has 1 aliphatic heterocycles. The van der Waals surface area contributed by atoms with E-state index in [4.69, 9.17) is 21.1 Å². The third kappa shape index (κ3) is 4.80. The van der Waals surface area contributed by atoms with Crippen molar-refractivity contribution in [2.75, 3.05) is 19.7 Å². The Labute approximate surface area is 151 Å². The predicted octanol–water partition coefficient (Wildman–Crippen LogP) is 2.94. The van der Waals surface area contributed by atoms with Gasteiger partial charge in [-0.1, -0.05) is 11.6 Å². The van der Waals surface area contributed by atoms with Gasteiger partial charge in [0.05, 0.1) is 0 Å². The number of likely N-dealkylation sites (tertiary alicyclic amines) is 1. The van der Waals surface area contributed by atoms with E-state index in [1.54, 1.807) is 12.1 Å². The number of aryl methyl sites for hydroxylation is 1. The van der Waals surface area contributed by atoms with E-state index in [0.717, 1.165) is 37.9 Å². The Bertz CT molecular complexity index is 700. The van der Waals surface area contributed by atoms with Crippen molar-refractivity contribution in [2.24, 2.45) is 5.92 Å². The van der Waals surface area contributed by atoms with Crippen LogP contribution in [-0.2, 0) is 11.2 Å². The number of rotatable bonds is 6. The molecule has 1 aromatic carbocycles. The molecular weight excluding hydrogens is 342 g/mol. The van der Waals surface area contributed by atoms with E-state index in [1.165, 1.54) is 0 Å². The van der Waals surface area contributed by atoms with E-state index in [1.807, 2.05) is 17.0 Å². The van der Waals surface area contributed by atoms with Gasteiger partial charge in [0, 0.05) is 43.1 Å². The highest BCUT2D eigenvalue weighted by Crippen LogP contribution is 2.22. The summed E-state index contributed by atoms with van der Waals surface area (Å²) in [5.74, 6) is 1.40. The second-order valence-electron chi connectivity index (χ2n) is 6.37. The highest BCUT2D eigenvalue weighted by molar-refractivity contribution is 6.30. The summed E-state index contributed by atoms with van der Waals surface area (Å²) in [6.07, 6.45) is 3.63. The smallest absolute Gasteiger partial charge is 0.247 e. The lowest BCUT2D eigenvalue weighted by Gasteiger charge is -2.32. The zero-order valence-corrected chi connectivity index (χ0v) is 14.8. The van der Waals surface area contributed by atoms with Crippen molar-refractivity contribution in [3.05, 3.63) is 35.2 Å². The maximum Gasteiger partial charge on any atom is 0.247 e. The molecule has 1 amide bonds. The Morgan fingerprint density at radius 1 is 1.32 bits per heavy atom. The molecular formula is C18H22ClN3O3. The lowest BCUT2D eigenvalue weighted by Crippen LogP contribution is -2.40. The molecule has 0 unspecified atom stereocenters. The first kappa shape index (κ1) is 17.9. The molecule has 1 aromatic heterocycles. The maximum absolute atomic E-state index is 12.4. The van der Waals surface area contributed by atoms with Crippen LogP contribution < -0.4 is 0 Å². The van der Waals surface area contributed by atoms with E-state index in [-0.39, 0.29) is 12.5 Å². The van der Waals surface area contributed by atoms with E-state index < -0.39 is 0 Å². The number of halogens is 1. The van der Waals surface area contributed by atoms with E-state index in [2.05, 4.69) is 10.2 Å². The third-order valence-electron chi connectivity index (χ3n) is 4.52. The SMILES string of the molecule is O=C(CCc1nnc(-c2ccc(Cl)cc2)o1)N1CCC[C@@H](CCO)C1. The summed E-state index contributed by atoms with van der Waals surface area (Å²) >= 11 is 5.87. The molecule has 0 saturated carbocycles. The van der Waals surface area contributed by atoms with Crippen LogP contribution in [-0.4, -0.2) is 45.8 Å². The lowest BCUT2D eigenvalue weighted by molar-refractivity contribution is -0.133. The first-order valence-corrected chi connectivity index (χ1v) is 9.00. The number of aliphatic hydroxyl groups is 1. The number of nitrogens with zero attached hydrogens (tertiary/aromatic N) is 3. The Morgan fingerprint density at radius 2 is 2.12 bits per heavy atom. The molecule has 1 N–H and O–H groups in total. The molecule has 0 spiro atoms. The largest absolute Gasteiger partial charge is 0.421 e. The maximum atomic E-state index is 12.4. The summed E-state index contributed by atoms with van der Waals surface area (Å²) in [7, 11) is 0. The number of carbonyl (C=O) groups excluding carboxylic acids is 1. The van der Waals surface area contributed by atoms with Crippen molar-refractivity contribution in [3.8, 4) is 11.5 Å². The molecule has 1 saturated heterocycles. The normalized spacial score (nSPS) is 17.7. The Balaban J connectivity index is 1.53. The van der Waals surface area contributed by atoms with Gasteiger partial charge in [-0.05, 0) is 49.4 Å². The van der Waals surface area contributed by atoms with Crippen LogP contribution in [0.3, 0.4) is 0 Å². The van der Waals surface area contributed by atoms with Crippen molar-refractivity contribution in [1.82, 2.24) is 15.1 Å². The average Bonchev–Trinajstić information content (AvgIpc) is 3.10.